The molecule has 1 nitrogen and oxygen atoms in total. The summed E-state index contributed by atoms with van der Waals surface area (Å²) in [4.78, 5) is 0. The minimum absolute atomic E-state index is 0.154. The van der Waals surface area contributed by atoms with E-state index in [1.54, 1.807) is 6.07 Å². The molecule has 0 aliphatic heterocycles. The molecule has 2 heteroatoms. The Labute approximate surface area is 91.7 Å². The van der Waals surface area contributed by atoms with E-state index in [0.29, 0.717) is 11.7 Å². The summed E-state index contributed by atoms with van der Waals surface area (Å²) in [6.45, 7) is 6.20. The highest BCUT2D eigenvalue weighted by atomic mass is 19.1. The summed E-state index contributed by atoms with van der Waals surface area (Å²) in [6, 6.07) is 5.51. The molecule has 0 amide bonds. The predicted octanol–water partition coefficient (Wildman–Crippen LogP) is 4.12. The Balaban J connectivity index is 2.63. The zero-order valence-corrected chi connectivity index (χ0v) is 9.81. The molecule has 0 radical (unpaired) electrons. The van der Waals surface area contributed by atoms with Gasteiger partial charge in [0.2, 0.25) is 0 Å². The average molecular weight is 209 g/mol. The van der Waals surface area contributed by atoms with Crippen LogP contribution in [0.1, 0.15) is 38.7 Å². The molecule has 0 aromatic heterocycles. The first kappa shape index (κ1) is 12.0. The third-order valence-corrected chi connectivity index (χ3v) is 2.60. The molecule has 0 saturated heterocycles. The first-order chi connectivity index (χ1) is 7.15. The van der Waals surface area contributed by atoms with Crippen molar-refractivity contribution in [2.75, 3.05) is 5.32 Å². The van der Waals surface area contributed by atoms with Gasteiger partial charge in [-0.15, -0.1) is 0 Å². The highest BCUT2D eigenvalue weighted by molar-refractivity contribution is 5.52. The largest absolute Gasteiger partial charge is 0.380 e. The fourth-order valence-corrected chi connectivity index (χ4v) is 1.64. The molecule has 1 aromatic carbocycles. The second-order valence-electron chi connectivity index (χ2n) is 4.12. The smallest absolute Gasteiger partial charge is 0.146 e. The molecule has 1 unspecified atom stereocenters. The van der Waals surface area contributed by atoms with E-state index in [4.69, 9.17) is 0 Å². The fraction of sp³-hybridized carbons (Fsp3) is 0.538. The predicted molar refractivity (Wildman–Crippen MR) is 63.7 cm³/mol. The van der Waals surface area contributed by atoms with E-state index in [2.05, 4.69) is 19.2 Å². The van der Waals surface area contributed by atoms with Crippen LogP contribution in [0.15, 0.2) is 18.2 Å². The lowest BCUT2D eigenvalue weighted by Crippen LogP contribution is -2.16. The third kappa shape index (κ3) is 3.54. The summed E-state index contributed by atoms with van der Waals surface area (Å²) in [7, 11) is 0. The number of para-hydroxylation sites is 1. The average Bonchev–Trinajstić information content (AvgIpc) is 2.21. The summed E-state index contributed by atoms with van der Waals surface area (Å²) in [5, 5.41) is 3.24. The molecule has 1 aromatic rings. The molecular formula is C13H20FN. The van der Waals surface area contributed by atoms with Crippen molar-refractivity contribution in [2.24, 2.45) is 0 Å². The maximum absolute atomic E-state index is 13.5. The van der Waals surface area contributed by atoms with Gasteiger partial charge in [-0.05, 0) is 31.9 Å². The van der Waals surface area contributed by atoms with Gasteiger partial charge in [-0.25, -0.2) is 4.39 Å². The Morgan fingerprint density at radius 3 is 2.73 bits per heavy atom. The van der Waals surface area contributed by atoms with Crippen LogP contribution in [-0.2, 0) is 0 Å². The maximum atomic E-state index is 13.5. The summed E-state index contributed by atoms with van der Waals surface area (Å²) in [5.41, 5.74) is 1.62. The van der Waals surface area contributed by atoms with Crippen molar-refractivity contribution in [3.05, 3.63) is 29.6 Å². The summed E-state index contributed by atoms with van der Waals surface area (Å²) in [6.07, 6.45) is 3.45. The number of benzene rings is 1. The Morgan fingerprint density at radius 2 is 2.13 bits per heavy atom. The van der Waals surface area contributed by atoms with Gasteiger partial charge >= 0.3 is 0 Å². The molecule has 0 fully saturated rings. The molecule has 15 heavy (non-hydrogen) atoms. The Bertz CT molecular complexity index is 289. The van der Waals surface area contributed by atoms with Crippen molar-refractivity contribution in [1.82, 2.24) is 0 Å². The van der Waals surface area contributed by atoms with Crippen molar-refractivity contribution < 1.29 is 4.39 Å². The normalized spacial score (nSPS) is 12.5. The fourth-order valence-electron chi connectivity index (χ4n) is 1.64. The van der Waals surface area contributed by atoms with Crippen molar-refractivity contribution in [2.45, 2.75) is 46.1 Å². The van der Waals surface area contributed by atoms with E-state index >= 15 is 0 Å². The number of nitrogens with one attached hydrogen (secondary N) is 1. The number of halogens is 1. The summed E-state index contributed by atoms with van der Waals surface area (Å²) >= 11 is 0. The first-order valence-corrected chi connectivity index (χ1v) is 5.66. The van der Waals surface area contributed by atoms with Crippen molar-refractivity contribution in [3.63, 3.8) is 0 Å². The standard InChI is InChI=1S/C13H20FN/c1-4-5-8-11(3)15-13-10(2)7-6-9-12(13)14/h6-7,9,11,15H,4-5,8H2,1-3H3. The van der Waals surface area contributed by atoms with Crippen LogP contribution in [0.2, 0.25) is 0 Å². The third-order valence-electron chi connectivity index (χ3n) is 2.60. The first-order valence-electron chi connectivity index (χ1n) is 5.66. The second kappa shape index (κ2) is 5.74. The number of unbranched alkanes of at least 4 members (excludes halogenated alkanes) is 1. The van der Waals surface area contributed by atoms with E-state index < -0.39 is 0 Å². The minimum Gasteiger partial charge on any atom is -0.380 e. The lowest BCUT2D eigenvalue weighted by Gasteiger charge is -2.17. The molecule has 0 saturated carbocycles. The van der Waals surface area contributed by atoms with E-state index in [0.717, 1.165) is 12.0 Å². The molecule has 0 spiro atoms. The van der Waals surface area contributed by atoms with Gasteiger partial charge < -0.3 is 5.32 Å². The maximum Gasteiger partial charge on any atom is 0.146 e. The number of anilines is 1. The number of aryl methyl sites for hydroxylation is 1. The van der Waals surface area contributed by atoms with Crippen LogP contribution < -0.4 is 5.32 Å². The molecule has 0 aliphatic rings. The molecule has 0 aliphatic carbocycles. The van der Waals surface area contributed by atoms with E-state index in [9.17, 15) is 4.39 Å². The van der Waals surface area contributed by atoms with E-state index in [-0.39, 0.29) is 5.82 Å². The van der Waals surface area contributed by atoms with Gasteiger partial charge in [-0.1, -0.05) is 31.9 Å². The zero-order valence-electron chi connectivity index (χ0n) is 9.81. The minimum atomic E-state index is -0.154. The second-order valence-corrected chi connectivity index (χ2v) is 4.12. The quantitative estimate of drug-likeness (QED) is 0.769. The molecule has 1 N–H and O–H groups in total. The van der Waals surface area contributed by atoms with Crippen LogP contribution in [-0.4, -0.2) is 6.04 Å². The Morgan fingerprint density at radius 1 is 1.40 bits per heavy atom. The van der Waals surface area contributed by atoms with Crippen LogP contribution in [0.3, 0.4) is 0 Å². The van der Waals surface area contributed by atoms with Gasteiger partial charge in [0, 0.05) is 6.04 Å². The molecule has 84 valence electrons. The van der Waals surface area contributed by atoms with Crippen molar-refractivity contribution >= 4 is 5.69 Å². The summed E-state index contributed by atoms with van der Waals surface area (Å²) < 4.78 is 13.5. The van der Waals surface area contributed by atoms with Crippen molar-refractivity contribution in [1.29, 1.82) is 0 Å². The SMILES string of the molecule is CCCCC(C)Nc1c(C)cccc1F. The van der Waals surface area contributed by atoms with Crippen LogP contribution in [0.25, 0.3) is 0 Å². The van der Waals surface area contributed by atoms with Gasteiger partial charge in [0.25, 0.3) is 0 Å². The number of rotatable bonds is 5. The van der Waals surface area contributed by atoms with E-state index in [1.807, 2.05) is 13.0 Å². The van der Waals surface area contributed by atoms with Gasteiger partial charge in [-0.3, -0.25) is 0 Å². The highest BCUT2D eigenvalue weighted by Gasteiger charge is 2.07. The molecular weight excluding hydrogens is 189 g/mol. The lowest BCUT2D eigenvalue weighted by molar-refractivity contribution is 0.611. The van der Waals surface area contributed by atoms with Crippen molar-refractivity contribution in [3.8, 4) is 0 Å². The topological polar surface area (TPSA) is 12.0 Å². The van der Waals surface area contributed by atoms with E-state index in [1.165, 1.54) is 18.9 Å². The molecule has 1 rings (SSSR count). The number of hydrogen-bond donors (Lipinski definition) is 1. The van der Waals surface area contributed by atoms with Gasteiger partial charge in [0.1, 0.15) is 5.82 Å². The van der Waals surface area contributed by atoms with Crippen LogP contribution in [0.5, 0.6) is 0 Å². The highest BCUT2D eigenvalue weighted by Crippen LogP contribution is 2.20. The summed E-state index contributed by atoms with van der Waals surface area (Å²) in [5.74, 6) is -0.154. The van der Waals surface area contributed by atoms with Gasteiger partial charge in [-0.2, -0.15) is 0 Å². The molecule has 0 bridgehead atoms. The van der Waals surface area contributed by atoms with Crippen LogP contribution in [0, 0.1) is 12.7 Å². The van der Waals surface area contributed by atoms with Gasteiger partial charge in [0.15, 0.2) is 0 Å². The number of hydrogen-bond acceptors (Lipinski definition) is 1. The monoisotopic (exact) mass is 209 g/mol. The zero-order chi connectivity index (χ0) is 11.3. The van der Waals surface area contributed by atoms with Gasteiger partial charge in [0.05, 0.1) is 5.69 Å². The molecule has 0 heterocycles. The Kier molecular flexibility index (Phi) is 4.60. The Hall–Kier alpha value is -1.05. The van der Waals surface area contributed by atoms with Crippen LogP contribution in [0.4, 0.5) is 10.1 Å². The lowest BCUT2D eigenvalue weighted by atomic mass is 10.1. The van der Waals surface area contributed by atoms with Crippen LogP contribution >= 0.6 is 0 Å². The molecule has 1 atom stereocenters.